The Hall–Kier alpha value is -0.650. The Bertz CT molecular complexity index is 433. The molecule has 23 heavy (non-hydrogen) atoms. The van der Waals surface area contributed by atoms with Crippen LogP contribution in [0.2, 0.25) is 0 Å². The molecule has 0 bridgehead atoms. The van der Waals surface area contributed by atoms with Crippen LogP contribution in [0.3, 0.4) is 0 Å². The Balaban J connectivity index is 3.57. The van der Waals surface area contributed by atoms with Crippen molar-refractivity contribution in [3.63, 3.8) is 0 Å². The molecule has 0 saturated carbocycles. The van der Waals surface area contributed by atoms with E-state index in [1.165, 1.54) is 0 Å². The Morgan fingerprint density at radius 1 is 1.17 bits per heavy atom. The van der Waals surface area contributed by atoms with E-state index >= 15 is 0 Å². The van der Waals surface area contributed by atoms with Crippen LogP contribution < -0.4 is 5.73 Å². The van der Waals surface area contributed by atoms with E-state index in [2.05, 4.69) is 41.5 Å². The van der Waals surface area contributed by atoms with Gasteiger partial charge in [-0.2, -0.15) is 0 Å². The van der Waals surface area contributed by atoms with Gasteiger partial charge in [0.1, 0.15) is 0 Å². The van der Waals surface area contributed by atoms with Crippen molar-refractivity contribution in [2.24, 2.45) is 22.5 Å². The minimum absolute atomic E-state index is 0.0493. The Kier molecular flexibility index (Phi) is 5.62. The quantitative estimate of drug-likeness (QED) is 0.826. The lowest BCUT2D eigenvalue weighted by molar-refractivity contribution is -0.390. The van der Waals surface area contributed by atoms with Crippen molar-refractivity contribution in [3.05, 3.63) is 0 Å². The van der Waals surface area contributed by atoms with Crippen molar-refractivity contribution in [1.29, 1.82) is 0 Å². The zero-order valence-electron chi connectivity index (χ0n) is 16.0. The largest absolute Gasteiger partial charge is 0.481 e. The fourth-order valence-corrected chi connectivity index (χ4v) is 4.16. The monoisotopic (exact) mass is 329 g/mol. The van der Waals surface area contributed by atoms with Crippen molar-refractivity contribution in [2.45, 2.75) is 85.7 Å². The average molecular weight is 329 g/mol. The van der Waals surface area contributed by atoms with Crippen LogP contribution in [0, 0.1) is 16.7 Å². The predicted octanol–water partition coefficient (Wildman–Crippen LogP) is 3.41. The molecule has 1 saturated heterocycles. The molecule has 3 atom stereocenters. The van der Waals surface area contributed by atoms with E-state index in [1.54, 1.807) is 0 Å². The normalized spacial score (nSPS) is 31.9. The Labute approximate surface area is 140 Å². The van der Waals surface area contributed by atoms with Gasteiger partial charge < -0.3 is 20.3 Å². The van der Waals surface area contributed by atoms with Crippen LogP contribution in [0.4, 0.5) is 0 Å². The molecule has 136 valence electrons. The molecular formula is C18H35NO4. The zero-order chi connectivity index (χ0) is 18.3. The highest BCUT2D eigenvalue weighted by atomic mass is 16.7. The van der Waals surface area contributed by atoms with Crippen LogP contribution in [0.1, 0.15) is 68.2 Å². The second-order valence-corrected chi connectivity index (χ2v) is 9.29. The minimum Gasteiger partial charge on any atom is -0.481 e. The van der Waals surface area contributed by atoms with E-state index < -0.39 is 17.4 Å². The topological polar surface area (TPSA) is 81.8 Å². The Morgan fingerprint density at radius 2 is 1.70 bits per heavy atom. The van der Waals surface area contributed by atoms with Gasteiger partial charge in [-0.3, -0.25) is 4.79 Å². The fourth-order valence-electron chi connectivity index (χ4n) is 4.16. The molecule has 1 aliphatic heterocycles. The third-order valence-corrected chi connectivity index (χ3v) is 4.80. The summed E-state index contributed by atoms with van der Waals surface area (Å²) in [6.07, 6.45) is 0.501. The number of aliphatic carboxylic acids is 1. The van der Waals surface area contributed by atoms with E-state index in [-0.39, 0.29) is 29.3 Å². The molecule has 0 spiro atoms. The fraction of sp³-hybridized carbons (Fsp3) is 0.944. The summed E-state index contributed by atoms with van der Waals surface area (Å²) in [5.41, 5.74) is 4.44. The third kappa shape index (κ3) is 4.25. The van der Waals surface area contributed by atoms with Crippen LogP contribution in [-0.4, -0.2) is 35.1 Å². The van der Waals surface area contributed by atoms with Crippen LogP contribution in [0.15, 0.2) is 0 Å². The van der Waals surface area contributed by atoms with Crippen LogP contribution in [0.5, 0.6) is 0 Å². The summed E-state index contributed by atoms with van der Waals surface area (Å²) in [4.78, 5) is 11.7. The van der Waals surface area contributed by atoms with E-state index in [0.29, 0.717) is 13.0 Å². The summed E-state index contributed by atoms with van der Waals surface area (Å²) in [7, 11) is 0. The number of hydrogen-bond acceptors (Lipinski definition) is 4. The van der Waals surface area contributed by atoms with Crippen molar-refractivity contribution >= 4 is 5.97 Å². The first-order valence-electron chi connectivity index (χ1n) is 8.46. The smallest absolute Gasteiger partial charge is 0.306 e. The molecule has 1 aliphatic rings. The van der Waals surface area contributed by atoms with Gasteiger partial charge in [0.05, 0.1) is 18.1 Å². The van der Waals surface area contributed by atoms with E-state index in [9.17, 15) is 9.90 Å². The molecule has 0 radical (unpaired) electrons. The summed E-state index contributed by atoms with van der Waals surface area (Å²) >= 11 is 0. The van der Waals surface area contributed by atoms with Gasteiger partial charge in [0, 0.05) is 5.92 Å². The molecular weight excluding hydrogens is 294 g/mol. The summed E-state index contributed by atoms with van der Waals surface area (Å²) in [5.74, 6) is -1.77. The van der Waals surface area contributed by atoms with Gasteiger partial charge in [0.15, 0.2) is 5.79 Å². The number of rotatable bonds is 4. The second-order valence-electron chi connectivity index (χ2n) is 9.29. The molecule has 1 fully saturated rings. The molecule has 0 amide bonds. The number of hydrogen-bond donors (Lipinski definition) is 2. The molecule has 0 aromatic carbocycles. The molecule has 0 unspecified atom stereocenters. The maximum absolute atomic E-state index is 11.7. The van der Waals surface area contributed by atoms with Gasteiger partial charge in [0.25, 0.3) is 0 Å². The molecule has 0 aromatic rings. The van der Waals surface area contributed by atoms with E-state index in [4.69, 9.17) is 15.2 Å². The summed E-state index contributed by atoms with van der Waals surface area (Å²) < 4.78 is 12.6. The standard InChI is InChI=1S/C18H35NO4/c1-15(2,3)14-12(9-10-19)22-17(7,8)23-18(14,11-13(20)21)16(4,5)6/h12,14H,9-11,19H2,1-8H3,(H,20,21)/t12-,14-,18+/m0/s1. The second kappa shape index (κ2) is 6.34. The van der Waals surface area contributed by atoms with Gasteiger partial charge in [-0.15, -0.1) is 0 Å². The van der Waals surface area contributed by atoms with Gasteiger partial charge >= 0.3 is 5.97 Å². The average Bonchev–Trinajstić information content (AvgIpc) is 2.22. The lowest BCUT2D eigenvalue weighted by atomic mass is 9.56. The van der Waals surface area contributed by atoms with Gasteiger partial charge in [0.2, 0.25) is 0 Å². The van der Waals surface area contributed by atoms with Crippen LogP contribution in [-0.2, 0) is 14.3 Å². The molecule has 1 heterocycles. The molecule has 5 nitrogen and oxygen atoms in total. The molecule has 3 N–H and O–H groups in total. The third-order valence-electron chi connectivity index (χ3n) is 4.80. The summed E-state index contributed by atoms with van der Waals surface area (Å²) in [5, 5.41) is 9.62. The van der Waals surface area contributed by atoms with Crippen molar-refractivity contribution < 1.29 is 19.4 Å². The zero-order valence-corrected chi connectivity index (χ0v) is 16.0. The van der Waals surface area contributed by atoms with Crippen molar-refractivity contribution in [2.75, 3.05) is 6.54 Å². The first kappa shape index (κ1) is 20.4. The van der Waals surface area contributed by atoms with Crippen molar-refractivity contribution in [1.82, 2.24) is 0 Å². The van der Waals surface area contributed by atoms with E-state index in [1.807, 2.05) is 13.8 Å². The first-order chi connectivity index (χ1) is 10.2. The lowest BCUT2D eigenvalue weighted by Gasteiger charge is -2.61. The predicted molar refractivity (Wildman–Crippen MR) is 91.1 cm³/mol. The summed E-state index contributed by atoms with van der Waals surface area (Å²) in [6.45, 7) is 16.7. The van der Waals surface area contributed by atoms with Crippen molar-refractivity contribution in [3.8, 4) is 0 Å². The SMILES string of the molecule is CC1(C)O[C@@H](CCN)[C@@H](C(C)(C)C)[C@](CC(=O)O)(C(C)(C)C)O1. The number of nitrogens with two attached hydrogens (primary N) is 1. The van der Waals surface area contributed by atoms with Gasteiger partial charge in [-0.05, 0) is 37.6 Å². The maximum atomic E-state index is 11.7. The highest BCUT2D eigenvalue weighted by molar-refractivity contribution is 5.68. The van der Waals surface area contributed by atoms with Gasteiger partial charge in [-0.25, -0.2) is 0 Å². The number of carboxylic acid groups (broad SMARTS) is 1. The first-order valence-corrected chi connectivity index (χ1v) is 8.46. The number of ether oxygens (including phenoxy) is 2. The van der Waals surface area contributed by atoms with Gasteiger partial charge in [-0.1, -0.05) is 41.5 Å². The molecule has 0 aromatic heterocycles. The summed E-state index contributed by atoms with van der Waals surface area (Å²) in [6, 6.07) is 0. The highest BCUT2D eigenvalue weighted by Gasteiger charge is 2.62. The number of carbonyl (C=O) groups is 1. The maximum Gasteiger partial charge on any atom is 0.306 e. The molecule has 1 rings (SSSR count). The molecule has 5 heteroatoms. The Morgan fingerprint density at radius 3 is 2.04 bits per heavy atom. The van der Waals surface area contributed by atoms with Crippen LogP contribution in [0.25, 0.3) is 0 Å². The van der Waals surface area contributed by atoms with E-state index in [0.717, 1.165) is 0 Å². The van der Waals surface area contributed by atoms with Crippen LogP contribution >= 0.6 is 0 Å². The highest BCUT2D eigenvalue weighted by Crippen LogP contribution is 2.56. The molecule has 0 aliphatic carbocycles. The number of carboxylic acids is 1. The lowest BCUT2D eigenvalue weighted by Crippen LogP contribution is -2.68. The minimum atomic E-state index is -0.849.